The molecule has 0 bridgehead atoms. The van der Waals surface area contributed by atoms with Gasteiger partial charge in [0.1, 0.15) is 11.9 Å². The Morgan fingerprint density at radius 2 is 1.43 bits per heavy atom. The molecule has 184 valence electrons. The summed E-state index contributed by atoms with van der Waals surface area (Å²) in [5.41, 5.74) is -0.154. The van der Waals surface area contributed by atoms with Crippen LogP contribution in [0.5, 0.6) is 0 Å². The van der Waals surface area contributed by atoms with E-state index in [0.29, 0.717) is 4.47 Å². The Balaban J connectivity index is 1.70. The highest BCUT2D eigenvalue weighted by molar-refractivity contribution is 9.10. The normalized spacial score (nSPS) is 17.7. The number of rotatable bonds is 6. The van der Waals surface area contributed by atoms with E-state index < -0.39 is 44.4 Å². The van der Waals surface area contributed by atoms with Crippen molar-refractivity contribution in [3.05, 3.63) is 89.2 Å². The predicted octanol–water partition coefficient (Wildman–Crippen LogP) is 3.29. The smallest absolute Gasteiger partial charge is 0.244 e. The van der Waals surface area contributed by atoms with Gasteiger partial charge in [-0.25, -0.2) is 21.2 Å². The van der Waals surface area contributed by atoms with Crippen LogP contribution in [-0.4, -0.2) is 57.0 Å². The Hall–Kier alpha value is -2.64. The summed E-state index contributed by atoms with van der Waals surface area (Å²) in [5.74, 6) is -1.58. The first-order valence-corrected chi connectivity index (χ1v) is 14.2. The zero-order valence-corrected chi connectivity index (χ0v) is 21.4. The second-order valence-electron chi connectivity index (χ2n) is 7.73. The number of halogens is 2. The van der Waals surface area contributed by atoms with E-state index in [1.54, 1.807) is 36.4 Å². The fraction of sp³-hybridized carbons (Fsp3) is 0.174. The number of nitrogens with zero attached hydrogens (tertiary/aromatic N) is 2. The summed E-state index contributed by atoms with van der Waals surface area (Å²) in [5, 5.41) is 2.41. The quantitative estimate of drug-likeness (QED) is 0.481. The van der Waals surface area contributed by atoms with Crippen molar-refractivity contribution in [3.8, 4) is 0 Å². The summed E-state index contributed by atoms with van der Waals surface area (Å²) in [6.45, 7) is -0.850. The highest BCUT2D eigenvalue weighted by Gasteiger charge is 2.43. The van der Waals surface area contributed by atoms with Crippen LogP contribution in [0.25, 0.3) is 0 Å². The van der Waals surface area contributed by atoms with Gasteiger partial charge in [-0.2, -0.15) is 8.61 Å². The lowest BCUT2D eigenvalue weighted by Crippen LogP contribution is -2.60. The first-order chi connectivity index (χ1) is 16.6. The number of anilines is 1. The molecule has 35 heavy (non-hydrogen) atoms. The van der Waals surface area contributed by atoms with Crippen LogP contribution in [-0.2, 0) is 24.8 Å². The topological polar surface area (TPSA) is 104 Å². The maximum Gasteiger partial charge on any atom is 0.244 e. The van der Waals surface area contributed by atoms with Crippen molar-refractivity contribution in [2.24, 2.45) is 0 Å². The van der Waals surface area contributed by atoms with Gasteiger partial charge in [0.15, 0.2) is 0 Å². The van der Waals surface area contributed by atoms with Gasteiger partial charge in [-0.3, -0.25) is 4.79 Å². The first-order valence-electron chi connectivity index (χ1n) is 10.5. The van der Waals surface area contributed by atoms with E-state index in [4.69, 9.17) is 0 Å². The average molecular weight is 582 g/mol. The Morgan fingerprint density at radius 3 is 2.00 bits per heavy atom. The molecule has 0 spiro atoms. The molecule has 1 N–H and O–H groups in total. The van der Waals surface area contributed by atoms with Crippen LogP contribution in [0.3, 0.4) is 0 Å². The van der Waals surface area contributed by atoms with Crippen molar-refractivity contribution in [1.82, 2.24) is 8.61 Å². The molecule has 0 radical (unpaired) electrons. The van der Waals surface area contributed by atoms with Crippen molar-refractivity contribution < 1.29 is 26.0 Å². The van der Waals surface area contributed by atoms with E-state index >= 15 is 0 Å². The molecule has 0 saturated carbocycles. The Morgan fingerprint density at radius 1 is 0.857 bits per heavy atom. The SMILES string of the molecule is O=C(Nc1ccc(Br)cc1F)[C@H]1CN(S(=O)(=O)c2ccccc2)CCN1S(=O)(=O)c1ccccc1. The number of carbonyl (C=O) groups excluding carboxylic acids is 1. The fourth-order valence-electron chi connectivity index (χ4n) is 3.74. The number of hydrogen-bond donors (Lipinski definition) is 1. The Bertz CT molecular complexity index is 1440. The molecule has 3 aromatic rings. The zero-order chi connectivity index (χ0) is 25.2. The van der Waals surface area contributed by atoms with E-state index in [9.17, 15) is 26.0 Å². The summed E-state index contributed by atoms with van der Waals surface area (Å²) in [6.07, 6.45) is 0. The zero-order valence-electron chi connectivity index (χ0n) is 18.2. The lowest BCUT2D eigenvalue weighted by atomic mass is 10.2. The minimum atomic E-state index is -4.15. The van der Waals surface area contributed by atoms with Crippen molar-refractivity contribution >= 4 is 47.6 Å². The Kier molecular flexibility index (Phi) is 7.38. The van der Waals surface area contributed by atoms with Crippen LogP contribution in [0.2, 0.25) is 0 Å². The minimum absolute atomic E-state index is 0.0254. The van der Waals surface area contributed by atoms with Gasteiger partial charge in [0, 0.05) is 24.1 Å². The van der Waals surface area contributed by atoms with Gasteiger partial charge in [0.25, 0.3) is 0 Å². The average Bonchev–Trinajstić information content (AvgIpc) is 2.86. The molecule has 1 heterocycles. The second-order valence-corrected chi connectivity index (χ2v) is 12.5. The number of hydrogen-bond acceptors (Lipinski definition) is 5. The number of benzene rings is 3. The van der Waals surface area contributed by atoms with Gasteiger partial charge in [-0.15, -0.1) is 0 Å². The molecule has 3 aromatic carbocycles. The molecule has 1 atom stereocenters. The minimum Gasteiger partial charge on any atom is -0.322 e. The molecule has 1 aliphatic heterocycles. The summed E-state index contributed by atoms with van der Waals surface area (Å²) in [4.78, 5) is 13.3. The summed E-state index contributed by atoms with van der Waals surface area (Å²) < 4.78 is 70.0. The Labute approximate surface area is 211 Å². The number of piperazine rings is 1. The van der Waals surface area contributed by atoms with Crippen LogP contribution < -0.4 is 5.32 Å². The molecule has 0 aromatic heterocycles. The third-order valence-electron chi connectivity index (χ3n) is 5.52. The van der Waals surface area contributed by atoms with Crippen LogP contribution in [0.15, 0.2) is 93.1 Å². The maximum absolute atomic E-state index is 14.4. The van der Waals surface area contributed by atoms with Gasteiger partial charge in [0.2, 0.25) is 26.0 Å². The van der Waals surface area contributed by atoms with Gasteiger partial charge < -0.3 is 5.32 Å². The first kappa shape index (κ1) is 25.5. The largest absolute Gasteiger partial charge is 0.322 e. The van der Waals surface area contributed by atoms with Gasteiger partial charge >= 0.3 is 0 Å². The van der Waals surface area contributed by atoms with Crippen molar-refractivity contribution in [2.45, 2.75) is 15.8 Å². The number of amides is 1. The van der Waals surface area contributed by atoms with E-state index in [1.807, 2.05) is 0 Å². The van der Waals surface area contributed by atoms with Crippen LogP contribution in [0.4, 0.5) is 10.1 Å². The third-order valence-corrected chi connectivity index (χ3v) is 9.81. The molecule has 0 unspecified atom stereocenters. The number of carbonyl (C=O) groups is 1. The van der Waals surface area contributed by atoms with Crippen molar-refractivity contribution in [3.63, 3.8) is 0 Å². The molecule has 4 rings (SSSR count). The van der Waals surface area contributed by atoms with Gasteiger partial charge in [-0.05, 0) is 42.5 Å². The second kappa shape index (κ2) is 10.2. The van der Waals surface area contributed by atoms with E-state index in [0.717, 1.165) is 14.7 Å². The number of sulfonamides is 2. The molecular weight excluding hydrogens is 561 g/mol. The molecule has 1 fully saturated rings. The molecule has 1 saturated heterocycles. The molecule has 12 heteroatoms. The summed E-state index contributed by atoms with van der Waals surface area (Å²) >= 11 is 3.14. The standard InChI is InChI=1S/C23H21BrFN3O5S2/c24-17-11-12-21(20(25)15-17)26-23(29)22-16-27(34(30,31)18-7-3-1-4-8-18)13-14-28(22)35(32,33)19-9-5-2-6-10-19/h1-12,15,22H,13-14,16H2,(H,26,29)/t22-/m1/s1. The molecule has 0 aliphatic carbocycles. The van der Waals surface area contributed by atoms with Crippen LogP contribution in [0.1, 0.15) is 0 Å². The van der Waals surface area contributed by atoms with E-state index in [1.165, 1.54) is 36.4 Å². The summed E-state index contributed by atoms with van der Waals surface area (Å²) in [7, 11) is -8.15. The maximum atomic E-state index is 14.4. The van der Waals surface area contributed by atoms with Crippen LogP contribution in [0, 0.1) is 5.82 Å². The molecule has 1 amide bonds. The highest BCUT2D eigenvalue weighted by atomic mass is 79.9. The monoisotopic (exact) mass is 581 g/mol. The van der Waals surface area contributed by atoms with Crippen LogP contribution >= 0.6 is 15.9 Å². The van der Waals surface area contributed by atoms with Crippen molar-refractivity contribution in [2.75, 3.05) is 25.0 Å². The predicted molar refractivity (Wildman–Crippen MR) is 132 cm³/mol. The third kappa shape index (κ3) is 5.31. The molecular formula is C23H21BrFN3O5S2. The molecule has 8 nitrogen and oxygen atoms in total. The molecule has 1 aliphatic rings. The number of nitrogens with one attached hydrogen (secondary N) is 1. The van der Waals surface area contributed by atoms with E-state index in [-0.39, 0.29) is 28.6 Å². The van der Waals surface area contributed by atoms with Crippen molar-refractivity contribution in [1.29, 1.82) is 0 Å². The lowest BCUT2D eigenvalue weighted by molar-refractivity contribution is -0.120. The lowest BCUT2D eigenvalue weighted by Gasteiger charge is -2.38. The fourth-order valence-corrected chi connectivity index (χ4v) is 7.12. The van der Waals surface area contributed by atoms with Gasteiger partial charge in [-0.1, -0.05) is 52.3 Å². The van der Waals surface area contributed by atoms with Gasteiger partial charge in [0.05, 0.1) is 15.5 Å². The van der Waals surface area contributed by atoms with E-state index in [2.05, 4.69) is 21.2 Å². The summed E-state index contributed by atoms with van der Waals surface area (Å²) in [6, 6.07) is 17.8. The highest BCUT2D eigenvalue weighted by Crippen LogP contribution is 2.27.